The first-order chi connectivity index (χ1) is 6.47. The predicted molar refractivity (Wildman–Crippen MR) is 59.7 cm³/mol. The van der Waals surface area contributed by atoms with E-state index in [0.29, 0.717) is 0 Å². The Balaban J connectivity index is 2.62. The lowest BCUT2D eigenvalue weighted by molar-refractivity contribution is 0.576. The Morgan fingerprint density at radius 1 is 1.07 bits per heavy atom. The van der Waals surface area contributed by atoms with Gasteiger partial charge in [0.25, 0.3) is 0 Å². The monoisotopic (exact) mass is 188 g/mol. The fourth-order valence-corrected chi connectivity index (χ4v) is 1.64. The van der Waals surface area contributed by atoms with Crippen LogP contribution in [0.4, 0.5) is 0 Å². The van der Waals surface area contributed by atoms with E-state index in [4.69, 9.17) is 4.42 Å². The summed E-state index contributed by atoms with van der Waals surface area (Å²) in [6.07, 6.45) is 0. The Labute approximate surface area is 84.7 Å². The van der Waals surface area contributed by atoms with Crippen LogP contribution in [0.3, 0.4) is 0 Å². The molecule has 1 nitrogen and oxygen atoms in total. The standard InChI is InChI=1S/C13H16O/c1-9-7-10-8-11(13(2,3)4)5-6-12(10)14-9/h5-8H,1-4H3. The van der Waals surface area contributed by atoms with Crippen molar-refractivity contribution in [1.29, 1.82) is 0 Å². The minimum atomic E-state index is 0.208. The highest BCUT2D eigenvalue weighted by atomic mass is 16.3. The maximum atomic E-state index is 5.54. The van der Waals surface area contributed by atoms with Crippen molar-refractivity contribution in [2.24, 2.45) is 0 Å². The van der Waals surface area contributed by atoms with Gasteiger partial charge in [-0.1, -0.05) is 26.8 Å². The first kappa shape index (κ1) is 9.32. The molecule has 0 aliphatic heterocycles. The van der Waals surface area contributed by atoms with Gasteiger partial charge in [-0.25, -0.2) is 0 Å². The Hall–Kier alpha value is -1.24. The molecule has 0 radical (unpaired) electrons. The van der Waals surface area contributed by atoms with Gasteiger partial charge in [0, 0.05) is 5.39 Å². The van der Waals surface area contributed by atoms with Gasteiger partial charge in [0.2, 0.25) is 0 Å². The van der Waals surface area contributed by atoms with Crippen molar-refractivity contribution in [1.82, 2.24) is 0 Å². The predicted octanol–water partition coefficient (Wildman–Crippen LogP) is 4.04. The highest BCUT2D eigenvalue weighted by Crippen LogP contribution is 2.27. The topological polar surface area (TPSA) is 13.1 Å². The second kappa shape index (κ2) is 2.88. The maximum absolute atomic E-state index is 5.54. The first-order valence-electron chi connectivity index (χ1n) is 4.97. The third-order valence-electron chi connectivity index (χ3n) is 2.51. The lowest BCUT2D eigenvalue weighted by Gasteiger charge is -2.18. The smallest absolute Gasteiger partial charge is 0.134 e. The number of fused-ring (bicyclic) bond motifs is 1. The molecule has 0 amide bonds. The number of hydrogen-bond donors (Lipinski definition) is 0. The molecule has 0 unspecified atom stereocenters. The van der Waals surface area contributed by atoms with E-state index in [0.717, 1.165) is 11.3 Å². The zero-order valence-corrected chi connectivity index (χ0v) is 9.22. The Morgan fingerprint density at radius 3 is 2.43 bits per heavy atom. The van der Waals surface area contributed by atoms with Gasteiger partial charge in [-0.15, -0.1) is 0 Å². The van der Waals surface area contributed by atoms with Crippen LogP contribution in [0.1, 0.15) is 32.1 Å². The Kier molecular flexibility index (Phi) is 1.91. The molecular weight excluding hydrogens is 172 g/mol. The zero-order chi connectivity index (χ0) is 10.3. The molecule has 0 saturated carbocycles. The van der Waals surface area contributed by atoms with Gasteiger partial charge >= 0.3 is 0 Å². The summed E-state index contributed by atoms with van der Waals surface area (Å²) >= 11 is 0. The van der Waals surface area contributed by atoms with Crippen molar-refractivity contribution < 1.29 is 4.42 Å². The molecule has 0 N–H and O–H groups in total. The summed E-state index contributed by atoms with van der Waals surface area (Å²) in [6.45, 7) is 8.65. The van der Waals surface area contributed by atoms with Crippen molar-refractivity contribution in [3.05, 3.63) is 35.6 Å². The van der Waals surface area contributed by atoms with Crippen molar-refractivity contribution in [2.75, 3.05) is 0 Å². The van der Waals surface area contributed by atoms with Crippen LogP contribution in [-0.4, -0.2) is 0 Å². The summed E-state index contributed by atoms with van der Waals surface area (Å²) in [5.41, 5.74) is 2.54. The lowest BCUT2D eigenvalue weighted by Crippen LogP contribution is -2.10. The molecule has 74 valence electrons. The van der Waals surface area contributed by atoms with Crippen molar-refractivity contribution in [2.45, 2.75) is 33.1 Å². The van der Waals surface area contributed by atoms with Crippen molar-refractivity contribution in [3.63, 3.8) is 0 Å². The molecule has 2 aromatic rings. The molecule has 14 heavy (non-hydrogen) atoms. The zero-order valence-electron chi connectivity index (χ0n) is 9.22. The van der Waals surface area contributed by atoms with E-state index in [1.54, 1.807) is 0 Å². The van der Waals surface area contributed by atoms with E-state index in [9.17, 15) is 0 Å². The summed E-state index contributed by atoms with van der Waals surface area (Å²) in [6, 6.07) is 8.50. The summed E-state index contributed by atoms with van der Waals surface area (Å²) in [4.78, 5) is 0. The maximum Gasteiger partial charge on any atom is 0.134 e. The molecule has 0 aliphatic carbocycles. The van der Waals surface area contributed by atoms with Gasteiger partial charge in [-0.3, -0.25) is 0 Å². The summed E-state index contributed by atoms with van der Waals surface area (Å²) < 4.78 is 5.54. The molecule has 0 atom stereocenters. The summed E-state index contributed by atoms with van der Waals surface area (Å²) in [5.74, 6) is 0.978. The van der Waals surface area contributed by atoms with Gasteiger partial charge in [0.05, 0.1) is 0 Å². The van der Waals surface area contributed by atoms with Crippen LogP contribution in [0, 0.1) is 6.92 Å². The average molecular weight is 188 g/mol. The molecule has 0 bridgehead atoms. The average Bonchev–Trinajstić information content (AvgIpc) is 2.41. The van der Waals surface area contributed by atoms with E-state index < -0.39 is 0 Å². The van der Waals surface area contributed by atoms with Crippen LogP contribution in [0.25, 0.3) is 11.0 Å². The number of aryl methyl sites for hydroxylation is 1. The van der Waals surface area contributed by atoms with E-state index in [-0.39, 0.29) is 5.41 Å². The fourth-order valence-electron chi connectivity index (χ4n) is 1.64. The third kappa shape index (κ3) is 1.54. The first-order valence-corrected chi connectivity index (χ1v) is 4.97. The Bertz CT molecular complexity index is 458. The summed E-state index contributed by atoms with van der Waals surface area (Å²) in [5, 5.41) is 1.20. The molecule has 2 rings (SSSR count). The number of hydrogen-bond acceptors (Lipinski definition) is 1. The van der Waals surface area contributed by atoms with Gasteiger partial charge in [0.1, 0.15) is 11.3 Å². The SMILES string of the molecule is Cc1cc2cc(C(C)(C)C)ccc2o1. The molecule has 1 aromatic heterocycles. The van der Waals surface area contributed by atoms with E-state index >= 15 is 0 Å². The highest BCUT2D eigenvalue weighted by molar-refractivity contribution is 5.78. The largest absolute Gasteiger partial charge is 0.461 e. The fraction of sp³-hybridized carbons (Fsp3) is 0.385. The van der Waals surface area contributed by atoms with E-state index in [1.807, 2.05) is 6.92 Å². The normalized spacial score (nSPS) is 12.3. The van der Waals surface area contributed by atoms with E-state index in [2.05, 4.69) is 45.0 Å². The van der Waals surface area contributed by atoms with Crippen LogP contribution in [0.2, 0.25) is 0 Å². The second-order valence-electron chi connectivity index (χ2n) is 4.86. The third-order valence-corrected chi connectivity index (χ3v) is 2.51. The van der Waals surface area contributed by atoms with Crippen LogP contribution in [-0.2, 0) is 5.41 Å². The highest BCUT2D eigenvalue weighted by Gasteiger charge is 2.14. The molecule has 1 heterocycles. The van der Waals surface area contributed by atoms with Gasteiger partial charge < -0.3 is 4.42 Å². The van der Waals surface area contributed by atoms with Gasteiger partial charge in [-0.05, 0) is 36.1 Å². The minimum absolute atomic E-state index is 0.208. The van der Waals surface area contributed by atoms with Crippen LogP contribution >= 0.6 is 0 Å². The van der Waals surface area contributed by atoms with Crippen LogP contribution in [0.15, 0.2) is 28.7 Å². The molecule has 1 aromatic carbocycles. The minimum Gasteiger partial charge on any atom is -0.461 e. The number of furan rings is 1. The van der Waals surface area contributed by atoms with Gasteiger partial charge in [-0.2, -0.15) is 0 Å². The molecule has 0 fully saturated rings. The number of benzene rings is 1. The Morgan fingerprint density at radius 2 is 1.79 bits per heavy atom. The molecular formula is C13H16O. The second-order valence-corrected chi connectivity index (χ2v) is 4.86. The van der Waals surface area contributed by atoms with E-state index in [1.165, 1.54) is 10.9 Å². The lowest BCUT2D eigenvalue weighted by atomic mass is 9.86. The molecule has 0 spiro atoms. The van der Waals surface area contributed by atoms with Gasteiger partial charge in [0.15, 0.2) is 0 Å². The van der Waals surface area contributed by atoms with Crippen LogP contribution < -0.4 is 0 Å². The molecule has 1 heteroatoms. The molecule has 0 saturated heterocycles. The van der Waals surface area contributed by atoms with Crippen molar-refractivity contribution in [3.8, 4) is 0 Å². The number of rotatable bonds is 0. The quantitative estimate of drug-likeness (QED) is 0.608. The van der Waals surface area contributed by atoms with Crippen molar-refractivity contribution >= 4 is 11.0 Å². The van der Waals surface area contributed by atoms with Crippen LogP contribution in [0.5, 0.6) is 0 Å². The summed E-state index contributed by atoms with van der Waals surface area (Å²) in [7, 11) is 0. The molecule has 0 aliphatic rings.